The third-order valence-corrected chi connectivity index (χ3v) is 2.36. The summed E-state index contributed by atoms with van der Waals surface area (Å²) in [6, 6.07) is 11.5. The van der Waals surface area contributed by atoms with Crippen molar-refractivity contribution in [2.45, 2.75) is 0 Å². The van der Waals surface area contributed by atoms with Crippen molar-refractivity contribution >= 4 is 12.2 Å². The quantitative estimate of drug-likeness (QED) is 0.656. The first kappa shape index (κ1) is 14.0. The molecule has 0 atom stereocenters. The number of aromatic nitrogens is 1. The SMILES string of the molecule is N#Cc1ccc(Oc2ccc(C=NNC(N)=O)cc2)nc1. The van der Waals surface area contributed by atoms with Gasteiger partial charge in [0.15, 0.2) is 0 Å². The average molecular weight is 281 g/mol. The molecule has 21 heavy (non-hydrogen) atoms. The van der Waals surface area contributed by atoms with E-state index in [2.05, 4.69) is 15.5 Å². The van der Waals surface area contributed by atoms with Gasteiger partial charge in [-0.3, -0.25) is 0 Å². The number of hydrogen-bond donors (Lipinski definition) is 2. The molecular weight excluding hydrogens is 270 g/mol. The minimum absolute atomic E-state index is 0.394. The number of nitrogens with two attached hydrogens (primary N) is 1. The summed E-state index contributed by atoms with van der Waals surface area (Å²) in [6.45, 7) is 0. The maximum atomic E-state index is 10.4. The molecule has 0 unspecified atom stereocenters. The lowest BCUT2D eigenvalue weighted by atomic mass is 10.2. The van der Waals surface area contributed by atoms with Crippen LogP contribution in [-0.4, -0.2) is 17.2 Å². The molecular formula is C14H11N5O2. The highest BCUT2D eigenvalue weighted by Gasteiger charge is 1.99. The van der Waals surface area contributed by atoms with E-state index in [0.717, 1.165) is 5.56 Å². The van der Waals surface area contributed by atoms with Gasteiger partial charge >= 0.3 is 6.03 Å². The van der Waals surface area contributed by atoms with Crippen LogP contribution in [0.4, 0.5) is 4.79 Å². The molecule has 0 saturated heterocycles. The molecule has 7 heteroatoms. The van der Waals surface area contributed by atoms with Crippen LogP contribution < -0.4 is 15.9 Å². The van der Waals surface area contributed by atoms with Crippen molar-refractivity contribution in [3.8, 4) is 17.7 Å². The van der Waals surface area contributed by atoms with Gasteiger partial charge in [-0.15, -0.1) is 0 Å². The molecule has 0 fully saturated rings. The third kappa shape index (κ3) is 4.33. The number of benzene rings is 1. The van der Waals surface area contributed by atoms with E-state index in [1.165, 1.54) is 12.4 Å². The Balaban J connectivity index is 2.00. The van der Waals surface area contributed by atoms with Gasteiger partial charge in [-0.25, -0.2) is 15.2 Å². The second kappa shape index (κ2) is 6.68. The Kier molecular flexibility index (Phi) is 4.46. The molecule has 1 aromatic heterocycles. The Morgan fingerprint density at radius 3 is 2.67 bits per heavy atom. The molecule has 3 N–H and O–H groups in total. The maximum absolute atomic E-state index is 10.4. The van der Waals surface area contributed by atoms with Gasteiger partial charge in [-0.05, 0) is 35.9 Å². The van der Waals surface area contributed by atoms with Crippen molar-refractivity contribution in [2.75, 3.05) is 0 Å². The number of rotatable bonds is 4. The zero-order chi connectivity index (χ0) is 15.1. The van der Waals surface area contributed by atoms with Crippen molar-refractivity contribution < 1.29 is 9.53 Å². The number of nitrogens with one attached hydrogen (secondary N) is 1. The number of amides is 2. The number of hydrogen-bond acceptors (Lipinski definition) is 5. The first-order chi connectivity index (χ1) is 10.2. The Labute approximate surface area is 120 Å². The first-order valence-electron chi connectivity index (χ1n) is 5.90. The van der Waals surface area contributed by atoms with Gasteiger partial charge in [0, 0.05) is 12.3 Å². The Hall–Kier alpha value is -3.40. The van der Waals surface area contributed by atoms with E-state index < -0.39 is 6.03 Å². The van der Waals surface area contributed by atoms with Crippen molar-refractivity contribution in [1.82, 2.24) is 10.4 Å². The minimum Gasteiger partial charge on any atom is -0.439 e. The second-order valence-corrected chi connectivity index (χ2v) is 3.90. The highest BCUT2D eigenvalue weighted by Crippen LogP contribution is 2.19. The number of pyridine rings is 1. The molecule has 0 radical (unpaired) electrons. The van der Waals surface area contributed by atoms with Gasteiger partial charge in [0.05, 0.1) is 11.8 Å². The molecule has 104 valence electrons. The van der Waals surface area contributed by atoms with Crippen LogP contribution in [0.15, 0.2) is 47.7 Å². The third-order valence-electron chi connectivity index (χ3n) is 2.36. The molecule has 1 aromatic carbocycles. The number of ether oxygens (including phenoxy) is 1. The second-order valence-electron chi connectivity index (χ2n) is 3.90. The summed E-state index contributed by atoms with van der Waals surface area (Å²) >= 11 is 0. The van der Waals surface area contributed by atoms with Gasteiger partial charge in [0.25, 0.3) is 0 Å². The van der Waals surface area contributed by atoms with Crippen LogP contribution in [0, 0.1) is 11.3 Å². The van der Waals surface area contributed by atoms with Crippen LogP contribution in [0.25, 0.3) is 0 Å². The van der Waals surface area contributed by atoms with E-state index in [4.69, 9.17) is 15.7 Å². The number of primary amides is 1. The molecule has 0 bridgehead atoms. The number of hydrazone groups is 1. The predicted octanol–water partition coefficient (Wildman–Crippen LogP) is 1.75. The minimum atomic E-state index is -0.724. The van der Waals surface area contributed by atoms with Crippen LogP contribution in [0.2, 0.25) is 0 Å². The standard InChI is InChI=1S/C14H11N5O2/c15-7-11-3-6-13(17-8-11)21-12-4-1-10(2-5-12)9-18-19-14(16)20/h1-6,8-9H,(H3,16,19,20). The molecule has 1 heterocycles. The number of nitrogens with zero attached hydrogens (tertiary/aromatic N) is 3. The fourth-order valence-corrected chi connectivity index (χ4v) is 1.42. The summed E-state index contributed by atoms with van der Waals surface area (Å²) in [7, 11) is 0. The summed E-state index contributed by atoms with van der Waals surface area (Å²) in [6.07, 6.45) is 2.89. The van der Waals surface area contributed by atoms with Gasteiger partial charge in [0.1, 0.15) is 11.8 Å². The lowest BCUT2D eigenvalue weighted by molar-refractivity contribution is 0.249. The molecule has 0 saturated carbocycles. The van der Waals surface area contributed by atoms with E-state index in [9.17, 15) is 4.79 Å². The summed E-state index contributed by atoms with van der Waals surface area (Å²) < 4.78 is 5.52. The fourth-order valence-electron chi connectivity index (χ4n) is 1.42. The summed E-state index contributed by atoms with van der Waals surface area (Å²) in [5.41, 5.74) is 8.21. The predicted molar refractivity (Wildman–Crippen MR) is 75.8 cm³/mol. The highest BCUT2D eigenvalue weighted by atomic mass is 16.5. The lowest BCUT2D eigenvalue weighted by Gasteiger charge is -2.04. The fraction of sp³-hybridized carbons (Fsp3) is 0. The van der Waals surface area contributed by atoms with Gasteiger partial charge in [0.2, 0.25) is 5.88 Å². The van der Waals surface area contributed by atoms with E-state index in [0.29, 0.717) is 17.2 Å². The van der Waals surface area contributed by atoms with Crippen LogP contribution in [0.3, 0.4) is 0 Å². The summed E-state index contributed by atoms with van der Waals surface area (Å²) in [4.78, 5) is 14.4. The van der Waals surface area contributed by atoms with E-state index in [1.807, 2.05) is 6.07 Å². The molecule has 0 spiro atoms. The van der Waals surface area contributed by atoms with Gasteiger partial charge < -0.3 is 10.5 Å². The smallest absolute Gasteiger partial charge is 0.332 e. The molecule has 2 aromatic rings. The zero-order valence-electron chi connectivity index (χ0n) is 10.9. The van der Waals surface area contributed by atoms with Crippen LogP contribution in [0.5, 0.6) is 11.6 Å². The molecule has 0 aliphatic carbocycles. The van der Waals surface area contributed by atoms with E-state index in [1.54, 1.807) is 36.4 Å². The van der Waals surface area contributed by atoms with Crippen molar-refractivity contribution in [3.63, 3.8) is 0 Å². The lowest BCUT2D eigenvalue weighted by Crippen LogP contribution is -2.24. The topological polar surface area (TPSA) is 113 Å². The Morgan fingerprint density at radius 2 is 2.10 bits per heavy atom. The Morgan fingerprint density at radius 1 is 1.33 bits per heavy atom. The monoisotopic (exact) mass is 281 g/mol. The van der Waals surface area contributed by atoms with Gasteiger partial charge in [-0.1, -0.05) is 0 Å². The first-order valence-corrected chi connectivity index (χ1v) is 5.90. The number of carbonyl (C=O) groups excluding carboxylic acids is 1. The molecule has 0 aliphatic heterocycles. The maximum Gasteiger partial charge on any atom is 0.332 e. The van der Waals surface area contributed by atoms with Crippen LogP contribution in [0.1, 0.15) is 11.1 Å². The summed E-state index contributed by atoms with van der Waals surface area (Å²) in [5.74, 6) is 0.984. The van der Waals surface area contributed by atoms with E-state index >= 15 is 0 Å². The number of carbonyl (C=O) groups is 1. The van der Waals surface area contributed by atoms with Gasteiger partial charge in [-0.2, -0.15) is 10.4 Å². The van der Waals surface area contributed by atoms with Crippen molar-refractivity contribution in [1.29, 1.82) is 5.26 Å². The van der Waals surface area contributed by atoms with E-state index in [-0.39, 0.29) is 0 Å². The largest absolute Gasteiger partial charge is 0.439 e. The molecule has 2 amide bonds. The van der Waals surface area contributed by atoms with Crippen LogP contribution in [-0.2, 0) is 0 Å². The molecule has 0 aliphatic rings. The highest BCUT2D eigenvalue weighted by molar-refractivity contribution is 5.81. The Bertz CT molecular complexity index is 687. The van der Waals surface area contributed by atoms with Crippen molar-refractivity contribution in [3.05, 3.63) is 53.7 Å². The summed E-state index contributed by atoms with van der Waals surface area (Å²) in [5, 5.41) is 12.3. The zero-order valence-corrected chi connectivity index (χ0v) is 10.9. The van der Waals surface area contributed by atoms with Crippen LogP contribution >= 0.6 is 0 Å². The number of urea groups is 1. The average Bonchev–Trinajstić information content (AvgIpc) is 2.49. The molecule has 7 nitrogen and oxygen atoms in total. The molecule has 2 rings (SSSR count). The van der Waals surface area contributed by atoms with Crippen molar-refractivity contribution in [2.24, 2.45) is 10.8 Å². The number of nitriles is 1. The normalized spacial score (nSPS) is 10.0.